The Morgan fingerprint density at radius 1 is 0.957 bits per heavy atom. The van der Waals surface area contributed by atoms with Gasteiger partial charge in [-0.3, -0.25) is 14.3 Å². The number of amides is 2. The second kappa shape index (κ2) is 12.4. The Bertz CT molecular complexity index is 1610. The number of nitrogens with zero attached hydrogens (tertiary/aromatic N) is 5. The molecule has 0 spiro atoms. The Labute approximate surface area is 265 Å². The van der Waals surface area contributed by atoms with Crippen LogP contribution in [0.1, 0.15) is 104 Å². The largest absolute Gasteiger partial charge is 0.390 e. The molecule has 16 heteroatoms. The maximum atomic E-state index is 14.1. The van der Waals surface area contributed by atoms with Crippen molar-refractivity contribution in [3.05, 3.63) is 47.2 Å². The minimum atomic E-state index is -4.40. The van der Waals surface area contributed by atoms with E-state index in [1.54, 1.807) is 18.5 Å². The lowest BCUT2D eigenvalue weighted by molar-refractivity contribution is -0.137. The lowest BCUT2D eigenvalue weighted by Gasteiger charge is -2.34. The summed E-state index contributed by atoms with van der Waals surface area (Å²) in [5, 5.41) is 14.3. The summed E-state index contributed by atoms with van der Waals surface area (Å²) in [7, 11) is 0. The number of aromatic nitrogens is 5. The van der Waals surface area contributed by atoms with Crippen molar-refractivity contribution in [3.63, 3.8) is 0 Å². The SMILES string of the molecule is Cc1c(C(=O)N[C@H](c2cn3ncc([C@@H](NC(=O)CC4CC(F)(F)C4)C4CC4)cc3n2)C2CCC(F)(F)CC2)cnn1CCC(F)(F)F. The number of aryl methyl sites for hydroxylation is 1. The van der Waals surface area contributed by atoms with Crippen LogP contribution in [-0.2, 0) is 11.3 Å². The maximum Gasteiger partial charge on any atom is 0.390 e. The van der Waals surface area contributed by atoms with Gasteiger partial charge < -0.3 is 10.6 Å². The molecule has 9 nitrogen and oxygen atoms in total. The zero-order valence-corrected chi connectivity index (χ0v) is 25.7. The highest BCUT2D eigenvalue weighted by atomic mass is 19.4. The van der Waals surface area contributed by atoms with Crippen LogP contribution in [0.4, 0.5) is 30.7 Å². The molecule has 3 aromatic heterocycles. The number of hydrogen-bond acceptors (Lipinski definition) is 5. The molecule has 0 radical (unpaired) electrons. The molecular weight excluding hydrogens is 635 g/mol. The van der Waals surface area contributed by atoms with E-state index in [-0.39, 0.29) is 80.0 Å². The topological polar surface area (TPSA) is 106 Å². The number of nitrogens with one attached hydrogen (secondary N) is 2. The van der Waals surface area contributed by atoms with Gasteiger partial charge in [0.25, 0.3) is 5.91 Å². The quantitative estimate of drug-likeness (QED) is 0.227. The fourth-order valence-electron chi connectivity index (χ4n) is 6.73. The molecule has 3 aliphatic carbocycles. The fourth-order valence-corrected chi connectivity index (χ4v) is 6.73. The van der Waals surface area contributed by atoms with Crippen LogP contribution in [0.25, 0.3) is 5.65 Å². The zero-order chi connectivity index (χ0) is 33.7. The van der Waals surface area contributed by atoms with E-state index in [0.717, 1.165) is 17.5 Å². The molecule has 3 aliphatic rings. The van der Waals surface area contributed by atoms with Gasteiger partial charge in [0.2, 0.25) is 17.8 Å². The van der Waals surface area contributed by atoms with E-state index >= 15 is 0 Å². The highest BCUT2D eigenvalue weighted by Gasteiger charge is 2.46. The fraction of sp³-hybridized carbons (Fsp3) is 0.645. The highest BCUT2D eigenvalue weighted by molar-refractivity contribution is 5.95. The molecule has 0 aliphatic heterocycles. The summed E-state index contributed by atoms with van der Waals surface area (Å²) in [5.74, 6) is -7.04. The molecule has 2 atom stereocenters. The van der Waals surface area contributed by atoms with E-state index in [0.29, 0.717) is 16.9 Å². The lowest BCUT2D eigenvalue weighted by atomic mass is 9.79. The third kappa shape index (κ3) is 7.88. The number of alkyl halides is 7. The molecule has 3 heterocycles. The number of fused-ring (bicyclic) bond motifs is 1. The van der Waals surface area contributed by atoms with Crippen LogP contribution in [-0.4, -0.2) is 54.2 Å². The van der Waals surface area contributed by atoms with Gasteiger partial charge in [0.05, 0.1) is 48.4 Å². The maximum absolute atomic E-state index is 14.1. The summed E-state index contributed by atoms with van der Waals surface area (Å²) in [5.41, 5.74) is 1.76. The molecule has 2 amide bonds. The second-order valence-corrected chi connectivity index (χ2v) is 13.4. The summed E-state index contributed by atoms with van der Waals surface area (Å²) in [6, 6.07) is 0.565. The summed E-state index contributed by atoms with van der Waals surface area (Å²) in [6.07, 6.45) is -0.469. The number of carbonyl (C=O) groups excluding carboxylic acids is 2. The van der Waals surface area contributed by atoms with Crippen molar-refractivity contribution in [2.75, 3.05) is 0 Å². The molecule has 47 heavy (non-hydrogen) atoms. The first-order valence-corrected chi connectivity index (χ1v) is 15.9. The number of halogens is 7. The van der Waals surface area contributed by atoms with Crippen molar-refractivity contribution >= 4 is 17.5 Å². The van der Waals surface area contributed by atoms with E-state index in [1.165, 1.54) is 17.6 Å². The minimum absolute atomic E-state index is 0.0184. The van der Waals surface area contributed by atoms with Crippen LogP contribution in [0.15, 0.2) is 24.7 Å². The predicted molar refractivity (Wildman–Crippen MR) is 154 cm³/mol. The normalized spacial score (nSPS) is 21.3. The molecule has 0 saturated heterocycles. The summed E-state index contributed by atoms with van der Waals surface area (Å²) in [4.78, 5) is 30.9. The summed E-state index contributed by atoms with van der Waals surface area (Å²) < 4.78 is 95.6. The van der Waals surface area contributed by atoms with Gasteiger partial charge >= 0.3 is 6.18 Å². The van der Waals surface area contributed by atoms with E-state index in [4.69, 9.17) is 4.98 Å². The molecule has 0 aromatic carbocycles. The van der Waals surface area contributed by atoms with Gasteiger partial charge in [0.1, 0.15) is 0 Å². The van der Waals surface area contributed by atoms with Gasteiger partial charge in [-0.25, -0.2) is 27.1 Å². The van der Waals surface area contributed by atoms with Gasteiger partial charge in [-0.05, 0) is 62.0 Å². The average molecular weight is 672 g/mol. The first-order chi connectivity index (χ1) is 22.1. The standard InChI is InChI=1S/C31H36F7N7O2/c1-17-22(15-40-44(17)9-8-31(36,37)38)28(47)43-27(20-4-6-29(32,33)7-5-20)23-16-45-24(41-23)11-21(14-39-45)26(19-2-3-19)42-25(46)10-18-12-30(34,35)13-18/h11,14-16,18-20,26-27H,2-10,12-13H2,1H3,(H,42,46)(H,43,47)/t26-,27-/m0/s1. The highest BCUT2D eigenvalue weighted by Crippen LogP contribution is 2.45. The van der Waals surface area contributed by atoms with Crippen molar-refractivity contribution in [1.82, 2.24) is 35.0 Å². The monoisotopic (exact) mass is 671 g/mol. The van der Waals surface area contributed by atoms with Gasteiger partial charge in [-0.1, -0.05) is 0 Å². The number of rotatable bonds is 11. The Balaban J connectivity index is 1.22. The zero-order valence-electron chi connectivity index (χ0n) is 25.7. The third-order valence-electron chi connectivity index (χ3n) is 9.57. The van der Waals surface area contributed by atoms with Crippen molar-refractivity contribution in [1.29, 1.82) is 0 Å². The van der Waals surface area contributed by atoms with E-state index in [9.17, 15) is 40.3 Å². The number of imidazole rings is 1. The van der Waals surface area contributed by atoms with Crippen LogP contribution < -0.4 is 10.6 Å². The average Bonchev–Trinajstić information content (AvgIpc) is 3.61. The Morgan fingerprint density at radius 3 is 2.28 bits per heavy atom. The Kier molecular flexibility index (Phi) is 8.74. The minimum Gasteiger partial charge on any atom is -0.349 e. The van der Waals surface area contributed by atoms with Gasteiger partial charge in [-0.2, -0.15) is 23.4 Å². The molecule has 0 bridgehead atoms. The van der Waals surface area contributed by atoms with Crippen LogP contribution in [0.5, 0.6) is 0 Å². The molecule has 3 saturated carbocycles. The van der Waals surface area contributed by atoms with E-state index in [1.807, 2.05) is 0 Å². The third-order valence-corrected chi connectivity index (χ3v) is 9.57. The van der Waals surface area contributed by atoms with Gasteiger partial charge in [0, 0.05) is 44.3 Å². The lowest BCUT2D eigenvalue weighted by Crippen LogP contribution is -2.39. The van der Waals surface area contributed by atoms with Crippen molar-refractivity contribution in [3.8, 4) is 0 Å². The molecule has 0 unspecified atom stereocenters. The number of hydrogen-bond donors (Lipinski definition) is 2. The van der Waals surface area contributed by atoms with E-state index < -0.39 is 48.9 Å². The number of carbonyl (C=O) groups is 2. The Morgan fingerprint density at radius 2 is 1.64 bits per heavy atom. The van der Waals surface area contributed by atoms with Crippen LogP contribution in [0.2, 0.25) is 0 Å². The van der Waals surface area contributed by atoms with Crippen molar-refractivity contribution in [2.45, 2.75) is 108 Å². The first-order valence-electron chi connectivity index (χ1n) is 15.9. The van der Waals surface area contributed by atoms with Gasteiger partial charge in [-0.15, -0.1) is 0 Å². The predicted octanol–water partition coefficient (Wildman–Crippen LogP) is 6.49. The smallest absolute Gasteiger partial charge is 0.349 e. The second-order valence-electron chi connectivity index (χ2n) is 13.4. The molecule has 256 valence electrons. The molecular formula is C31H36F7N7O2. The van der Waals surface area contributed by atoms with Crippen LogP contribution >= 0.6 is 0 Å². The molecule has 6 rings (SSSR count). The molecule has 3 fully saturated rings. The Hall–Kier alpha value is -3.72. The first kappa shape index (κ1) is 33.2. The van der Waals surface area contributed by atoms with Crippen LogP contribution in [0, 0.1) is 24.7 Å². The molecule has 3 aromatic rings. The van der Waals surface area contributed by atoms with Gasteiger partial charge in [0.15, 0.2) is 5.65 Å². The van der Waals surface area contributed by atoms with Crippen molar-refractivity contribution in [2.24, 2.45) is 17.8 Å². The molecule has 2 N–H and O–H groups in total. The van der Waals surface area contributed by atoms with Crippen molar-refractivity contribution < 1.29 is 40.3 Å². The van der Waals surface area contributed by atoms with E-state index in [2.05, 4.69) is 20.8 Å². The van der Waals surface area contributed by atoms with Crippen LogP contribution in [0.3, 0.4) is 0 Å². The summed E-state index contributed by atoms with van der Waals surface area (Å²) in [6.45, 7) is 1.03. The summed E-state index contributed by atoms with van der Waals surface area (Å²) >= 11 is 0.